The molecule has 2 atom stereocenters. The van der Waals surface area contributed by atoms with Crippen molar-refractivity contribution in [3.63, 3.8) is 0 Å². The third kappa shape index (κ3) is 4.17. The quantitative estimate of drug-likeness (QED) is 0.898. The molecule has 1 aliphatic rings. The average Bonchev–Trinajstić information content (AvgIpc) is 2.42. The minimum atomic E-state index is 0.663. The Morgan fingerprint density at radius 2 is 2.10 bits per heavy atom. The van der Waals surface area contributed by atoms with Gasteiger partial charge in [-0.05, 0) is 30.7 Å². The molecule has 0 saturated carbocycles. The molecule has 112 valence electrons. The van der Waals surface area contributed by atoms with E-state index in [-0.39, 0.29) is 0 Å². The molecule has 1 N–H and O–H groups in total. The summed E-state index contributed by atoms with van der Waals surface area (Å²) in [6.45, 7) is 13.1. The summed E-state index contributed by atoms with van der Waals surface area (Å²) in [7, 11) is 0. The maximum absolute atomic E-state index is 4.75. The highest BCUT2D eigenvalue weighted by Gasteiger charge is 2.23. The summed E-state index contributed by atoms with van der Waals surface area (Å²) >= 11 is 0. The Labute approximate surface area is 123 Å². The number of anilines is 1. The predicted molar refractivity (Wildman–Crippen MR) is 83.7 cm³/mol. The maximum Gasteiger partial charge on any atom is 0.147 e. The van der Waals surface area contributed by atoms with E-state index in [1.54, 1.807) is 0 Å². The van der Waals surface area contributed by atoms with E-state index in [1.807, 2.05) is 12.4 Å². The lowest BCUT2D eigenvalue weighted by Crippen LogP contribution is -2.39. The summed E-state index contributed by atoms with van der Waals surface area (Å²) in [6.07, 6.45) is 5.01. The average molecular weight is 276 g/mol. The minimum absolute atomic E-state index is 0.663. The molecule has 2 rings (SSSR count). The largest absolute Gasteiger partial charge is 0.355 e. The van der Waals surface area contributed by atoms with Crippen molar-refractivity contribution in [3.8, 4) is 0 Å². The monoisotopic (exact) mass is 276 g/mol. The van der Waals surface area contributed by atoms with Gasteiger partial charge in [-0.1, -0.05) is 27.7 Å². The Morgan fingerprint density at radius 1 is 1.30 bits per heavy atom. The van der Waals surface area contributed by atoms with Crippen LogP contribution in [-0.2, 0) is 6.54 Å². The molecule has 1 fully saturated rings. The van der Waals surface area contributed by atoms with Crippen LogP contribution >= 0.6 is 0 Å². The second-order valence-electron chi connectivity index (χ2n) is 6.58. The molecule has 1 saturated heterocycles. The summed E-state index contributed by atoms with van der Waals surface area (Å²) in [4.78, 5) is 11.5. The number of piperidine rings is 1. The van der Waals surface area contributed by atoms with Crippen molar-refractivity contribution in [2.45, 2.75) is 40.7 Å². The second kappa shape index (κ2) is 7.02. The summed E-state index contributed by atoms with van der Waals surface area (Å²) in [5.41, 5.74) is 1.04. The SMILES string of the molecule is CC(C)CNCc1cncc(N2CCC(C)C(C)C2)n1. The number of rotatable bonds is 5. The van der Waals surface area contributed by atoms with Crippen molar-refractivity contribution in [1.29, 1.82) is 0 Å². The van der Waals surface area contributed by atoms with E-state index in [2.05, 4.69) is 42.9 Å². The van der Waals surface area contributed by atoms with Crippen LogP contribution in [0.3, 0.4) is 0 Å². The highest BCUT2D eigenvalue weighted by Crippen LogP contribution is 2.25. The van der Waals surface area contributed by atoms with Crippen LogP contribution in [0.1, 0.15) is 39.8 Å². The van der Waals surface area contributed by atoms with Gasteiger partial charge in [0.25, 0.3) is 0 Å². The van der Waals surface area contributed by atoms with Crippen LogP contribution in [0, 0.1) is 17.8 Å². The van der Waals surface area contributed by atoms with Gasteiger partial charge >= 0.3 is 0 Å². The molecule has 1 aromatic heterocycles. The fourth-order valence-electron chi connectivity index (χ4n) is 2.59. The van der Waals surface area contributed by atoms with E-state index in [9.17, 15) is 0 Å². The van der Waals surface area contributed by atoms with Gasteiger partial charge in [-0.2, -0.15) is 0 Å². The smallest absolute Gasteiger partial charge is 0.147 e. The van der Waals surface area contributed by atoms with E-state index >= 15 is 0 Å². The lowest BCUT2D eigenvalue weighted by Gasteiger charge is -2.35. The minimum Gasteiger partial charge on any atom is -0.355 e. The van der Waals surface area contributed by atoms with Crippen molar-refractivity contribution in [3.05, 3.63) is 18.1 Å². The fraction of sp³-hybridized carbons (Fsp3) is 0.750. The van der Waals surface area contributed by atoms with Crippen LogP contribution in [-0.4, -0.2) is 29.6 Å². The van der Waals surface area contributed by atoms with E-state index in [4.69, 9.17) is 4.98 Å². The summed E-state index contributed by atoms with van der Waals surface area (Å²) in [6, 6.07) is 0. The number of hydrogen-bond donors (Lipinski definition) is 1. The zero-order valence-electron chi connectivity index (χ0n) is 13.3. The van der Waals surface area contributed by atoms with Gasteiger partial charge in [-0.25, -0.2) is 4.98 Å². The Bertz CT molecular complexity index is 419. The molecule has 2 unspecified atom stereocenters. The van der Waals surface area contributed by atoms with Crippen molar-refractivity contribution < 1.29 is 0 Å². The lowest BCUT2D eigenvalue weighted by atomic mass is 9.89. The van der Waals surface area contributed by atoms with E-state index < -0.39 is 0 Å². The van der Waals surface area contributed by atoms with Gasteiger partial charge in [0.15, 0.2) is 0 Å². The van der Waals surface area contributed by atoms with E-state index in [1.165, 1.54) is 6.42 Å². The van der Waals surface area contributed by atoms with Crippen LogP contribution in [0.5, 0.6) is 0 Å². The first kappa shape index (κ1) is 15.2. The van der Waals surface area contributed by atoms with Crippen LogP contribution in [0.15, 0.2) is 12.4 Å². The van der Waals surface area contributed by atoms with Crippen molar-refractivity contribution in [2.75, 3.05) is 24.5 Å². The summed E-state index contributed by atoms with van der Waals surface area (Å²) < 4.78 is 0. The Balaban J connectivity index is 1.95. The van der Waals surface area contributed by atoms with Gasteiger partial charge in [0, 0.05) is 25.8 Å². The number of nitrogens with one attached hydrogen (secondary N) is 1. The highest BCUT2D eigenvalue weighted by atomic mass is 15.2. The Morgan fingerprint density at radius 3 is 2.80 bits per heavy atom. The number of aromatic nitrogens is 2. The third-order valence-corrected chi connectivity index (χ3v) is 4.19. The molecule has 0 bridgehead atoms. The predicted octanol–water partition coefficient (Wildman–Crippen LogP) is 2.70. The normalized spacial score (nSPS) is 23.4. The van der Waals surface area contributed by atoms with Gasteiger partial charge in [0.05, 0.1) is 11.9 Å². The summed E-state index contributed by atoms with van der Waals surface area (Å²) in [5, 5.41) is 3.43. The zero-order valence-corrected chi connectivity index (χ0v) is 13.3. The first-order valence-electron chi connectivity index (χ1n) is 7.83. The number of nitrogens with zero attached hydrogens (tertiary/aromatic N) is 3. The molecule has 0 amide bonds. The van der Waals surface area contributed by atoms with Crippen molar-refractivity contribution >= 4 is 5.82 Å². The standard InChI is InChI=1S/C16H28N4/c1-12(2)7-17-8-15-9-18-10-16(19-15)20-6-5-13(3)14(4)11-20/h9-10,12-14,17H,5-8,11H2,1-4H3. The molecule has 0 spiro atoms. The van der Waals surface area contributed by atoms with Crippen LogP contribution in [0.25, 0.3) is 0 Å². The van der Waals surface area contributed by atoms with Gasteiger partial charge < -0.3 is 10.2 Å². The van der Waals surface area contributed by atoms with Gasteiger partial charge in [0.1, 0.15) is 5.82 Å². The molecular weight excluding hydrogens is 248 g/mol. The molecule has 0 radical (unpaired) electrons. The zero-order chi connectivity index (χ0) is 14.5. The lowest BCUT2D eigenvalue weighted by molar-refractivity contribution is 0.322. The molecule has 4 nitrogen and oxygen atoms in total. The van der Waals surface area contributed by atoms with Gasteiger partial charge in [-0.3, -0.25) is 4.98 Å². The maximum atomic E-state index is 4.75. The topological polar surface area (TPSA) is 41.1 Å². The Kier molecular flexibility index (Phi) is 5.35. The summed E-state index contributed by atoms with van der Waals surface area (Å²) in [5.74, 6) is 3.24. The molecule has 1 aromatic rings. The van der Waals surface area contributed by atoms with Crippen molar-refractivity contribution in [2.24, 2.45) is 17.8 Å². The molecule has 0 aromatic carbocycles. The molecule has 20 heavy (non-hydrogen) atoms. The molecule has 0 aliphatic carbocycles. The highest BCUT2D eigenvalue weighted by molar-refractivity contribution is 5.37. The number of hydrogen-bond acceptors (Lipinski definition) is 4. The van der Waals surface area contributed by atoms with Crippen molar-refractivity contribution in [1.82, 2.24) is 15.3 Å². The molecular formula is C16H28N4. The van der Waals surface area contributed by atoms with Gasteiger partial charge in [-0.15, -0.1) is 0 Å². The third-order valence-electron chi connectivity index (χ3n) is 4.19. The molecule has 2 heterocycles. The van der Waals surface area contributed by atoms with Crippen LogP contribution in [0.4, 0.5) is 5.82 Å². The first-order chi connectivity index (χ1) is 9.56. The Hall–Kier alpha value is -1.16. The van der Waals surface area contributed by atoms with E-state index in [0.717, 1.165) is 49.5 Å². The molecule has 4 heteroatoms. The van der Waals surface area contributed by atoms with Crippen LogP contribution in [0.2, 0.25) is 0 Å². The molecule has 1 aliphatic heterocycles. The van der Waals surface area contributed by atoms with Gasteiger partial charge in [0.2, 0.25) is 0 Å². The first-order valence-corrected chi connectivity index (χ1v) is 7.83. The van der Waals surface area contributed by atoms with E-state index in [0.29, 0.717) is 5.92 Å². The fourth-order valence-corrected chi connectivity index (χ4v) is 2.59. The second-order valence-corrected chi connectivity index (χ2v) is 6.58. The van der Waals surface area contributed by atoms with Crippen LogP contribution < -0.4 is 10.2 Å².